The minimum atomic E-state index is -1.07. The van der Waals surface area contributed by atoms with Crippen LogP contribution in [-0.2, 0) is 30.3 Å². The number of nitrogens with zero attached hydrogens (tertiary/aromatic N) is 1. The first-order chi connectivity index (χ1) is 21.7. The summed E-state index contributed by atoms with van der Waals surface area (Å²) >= 11 is 6.62. The minimum absolute atomic E-state index is 0.0324. The summed E-state index contributed by atoms with van der Waals surface area (Å²) in [4.78, 5) is 58.8. The molecule has 1 aromatic heterocycles. The lowest BCUT2D eigenvalue weighted by Crippen LogP contribution is -2.55. The first kappa shape index (κ1) is 34.6. The normalized spacial score (nSPS) is 27.2. The number of aromatic amines is 1. The molecular weight excluding hydrogens is 608 g/mol. The maximum Gasteiger partial charge on any atom is 0.308 e. The number of likely N-dealkylation sites (N-methyl/N-ethyl adjacent to an activating group) is 1. The van der Waals surface area contributed by atoms with Crippen molar-refractivity contribution in [1.29, 1.82) is 0 Å². The van der Waals surface area contributed by atoms with E-state index >= 15 is 0 Å². The third-order valence-electron chi connectivity index (χ3n) is 8.67. The van der Waals surface area contributed by atoms with Crippen molar-refractivity contribution < 1.29 is 29.0 Å². The Morgan fingerprint density at radius 2 is 1.61 bits per heavy atom. The van der Waals surface area contributed by atoms with Crippen molar-refractivity contribution >= 4 is 46.2 Å². The van der Waals surface area contributed by atoms with Crippen LogP contribution in [0.15, 0.2) is 60.2 Å². The van der Waals surface area contributed by atoms with Crippen molar-refractivity contribution in [3.63, 3.8) is 0 Å². The molecule has 0 saturated carbocycles. The van der Waals surface area contributed by atoms with Crippen LogP contribution in [0.1, 0.15) is 64.6 Å². The number of aromatic hydroxyl groups is 1. The number of hydrogen-bond donors (Lipinski definition) is 4. The highest BCUT2D eigenvalue weighted by atomic mass is 35.5. The molecule has 0 aliphatic carbocycles. The number of amides is 3. The Kier molecular flexibility index (Phi) is 11.2. The summed E-state index contributed by atoms with van der Waals surface area (Å²) in [6.07, 6.45) is 1.84. The van der Waals surface area contributed by atoms with Crippen molar-refractivity contribution in [2.75, 3.05) is 7.05 Å². The number of phenolic OH excluding ortho intramolecular Hbond substituents is 1. The molecule has 0 bridgehead atoms. The van der Waals surface area contributed by atoms with Crippen molar-refractivity contribution in [3.05, 3.63) is 76.5 Å². The summed E-state index contributed by atoms with van der Waals surface area (Å²) in [5.74, 6) is -2.33. The van der Waals surface area contributed by atoms with Gasteiger partial charge in [0.25, 0.3) is 0 Å². The molecule has 0 spiro atoms. The van der Waals surface area contributed by atoms with Gasteiger partial charge in [-0.2, -0.15) is 0 Å². The van der Waals surface area contributed by atoms with E-state index in [-0.39, 0.29) is 30.4 Å². The van der Waals surface area contributed by atoms with Crippen molar-refractivity contribution in [2.24, 2.45) is 11.8 Å². The number of allylic oxidation sites excluding steroid dienone is 1. The molecule has 1 aliphatic heterocycles. The Bertz CT molecular complexity index is 1620. The number of halogens is 1. The molecule has 10 nitrogen and oxygen atoms in total. The molecule has 3 amide bonds. The number of H-pyrrole nitrogens is 1. The third kappa shape index (κ3) is 8.28. The number of phenols is 1. The van der Waals surface area contributed by atoms with Crippen LogP contribution in [0.25, 0.3) is 10.9 Å². The van der Waals surface area contributed by atoms with Crippen molar-refractivity contribution in [1.82, 2.24) is 20.5 Å². The lowest BCUT2D eigenvalue weighted by atomic mass is 9.96. The summed E-state index contributed by atoms with van der Waals surface area (Å²) in [5.41, 5.74) is 2.96. The van der Waals surface area contributed by atoms with Crippen LogP contribution < -0.4 is 10.6 Å². The van der Waals surface area contributed by atoms with Gasteiger partial charge in [-0.15, -0.1) is 0 Å². The summed E-state index contributed by atoms with van der Waals surface area (Å²) in [6.45, 7) is 9.04. The molecule has 3 aromatic rings. The third-order valence-corrected chi connectivity index (χ3v) is 8.99. The second kappa shape index (κ2) is 14.9. The number of rotatable bonds is 3. The molecule has 0 unspecified atom stereocenters. The predicted molar refractivity (Wildman–Crippen MR) is 177 cm³/mol. The topological polar surface area (TPSA) is 141 Å². The second-order valence-corrected chi connectivity index (χ2v) is 12.8. The molecule has 4 rings (SSSR count). The Hall–Kier alpha value is -4.31. The predicted octanol–water partition coefficient (Wildman–Crippen LogP) is 5.20. The van der Waals surface area contributed by atoms with Gasteiger partial charge in [-0.3, -0.25) is 19.2 Å². The van der Waals surface area contributed by atoms with E-state index in [4.69, 9.17) is 16.3 Å². The fourth-order valence-electron chi connectivity index (χ4n) is 5.83. The van der Waals surface area contributed by atoms with Crippen LogP contribution in [0.3, 0.4) is 0 Å². The Morgan fingerprint density at radius 1 is 0.935 bits per heavy atom. The van der Waals surface area contributed by atoms with E-state index in [1.54, 1.807) is 32.9 Å². The van der Waals surface area contributed by atoms with E-state index in [0.717, 1.165) is 16.5 Å². The SMILES string of the molecule is C/C1=C\[C@@H](C)[C@@H](C)OC(=O)C[C@H](c2ccc(O)cc2)NC(=O)[C@@H](Cc2c(Cl)[nH]c3ccccc23)N(C)C(=O)[C@H](C)NC(=O)[C@@H](C)C1. The quantitative estimate of drug-likeness (QED) is 0.227. The highest BCUT2D eigenvalue weighted by molar-refractivity contribution is 6.31. The minimum Gasteiger partial charge on any atom is -0.508 e. The Morgan fingerprint density at radius 3 is 2.30 bits per heavy atom. The lowest BCUT2D eigenvalue weighted by molar-refractivity contribution is -0.150. The molecule has 0 radical (unpaired) electrons. The number of fused-ring (bicyclic) bond motifs is 1. The molecule has 2 heterocycles. The first-order valence-electron chi connectivity index (χ1n) is 15.5. The number of hydrogen-bond acceptors (Lipinski definition) is 6. The number of esters is 1. The van der Waals surface area contributed by atoms with E-state index in [2.05, 4.69) is 15.6 Å². The van der Waals surface area contributed by atoms with Gasteiger partial charge in [-0.05, 0) is 56.5 Å². The summed E-state index contributed by atoms with van der Waals surface area (Å²) < 4.78 is 5.79. The summed E-state index contributed by atoms with van der Waals surface area (Å²) in [5, 5.41) is 16.8. The number of benzene rings is 2. The molecule has 0 fully saturated rings. The van der Waals surface area contributed by atoms with Crippen molar-refractivity contribution in [2.45, 2.75) is 78.1 Å². The van der Waals surface area contributed by atoms with Gasteiger partial charge in [0.05, 0.1) is 12.5 Å². The molecule has 1 aliphatic rings. The van der Waals surface area contributed by atoms with Crippen LogP contribution in [-0.4, -0.2) is 63.9 Å². The highest BCUT2D eigenvalue weighted by Crippen LogP contribution is 2.29. The van der Waals surface area contributed by atoms with Crippen molar-refractivity contribution in [3.8, 4) is 5.75 Å². The van der Waals surface area contributed by atoms with E-state index in [1.807, 2.05) is 44.2 Å². The number of aromatic nitrogens is 1. The van der Waals surface area contributed by atoms with Gasteiger partial charge in [0.2, 0.25) is 17.7 Å². The largest absolute Gasteiger partial charge is 0.508 e. The van der Waals surface area contributed by atoms with Gasteiger partial charge in [-0.25, -0.2) is 0 Å². The average Bonchev–Trinajstić information content (AvgIpc) is 3.32. The van der Waals surface area contributed by atoms with E-state index < -0.39 is 47.9 Å². The summed E-state index contributed by atoms with van der Waals surface area (Å²) in [6, 6.07) is 10.8. The second-order valence-electron chi connectivity index (χ2n) is 12.4. The average molecular weight is 651 g/mol. The monoisotopic (exact) mass is 650 g/mol. The maximum atomic E-state index is 14.2. The number of carbonyl (C=O) groups is 4. The number of ether oxygens (including phenoxy) is 1. The molecule has 46 heavy (non-hydrogen) atoms. The fourth-order valence-corrected chi connectivity index (χ4v) is 6.11. The lowest BCUT2D eigenvalue weighted by Gasteiger charge is -2.32. The maximum absolute atomic E-state index is 14.2. The van der Waals surface area contributed by atoms with Crippen LogP contribution in [0.4, 0.5) is 0 Å². The highest BCUT2D eigenvalue weighted by Gasteiger charge is 2.34. The number of para-hydroxylation sites is 1. The van der Waals surface area contributed by atoms with Gasteiger partial charge in [-0.1, -0.05) is 67.4 Å². The fraction of sp³-hybridized carbons (Fsp3) is 0.429. The summed E-state index contributed by atoms with van der Waals surface area (Å²) in [7, 11) is 1.51. The molecule has 246 valence electrons. The van der Waals surface area contributed by atoms with Crippen LogP contribution in [0, 0.1) is 11.8 Å². The van der Waals surface area contributed by atoms with Gasteiger partial charge in [0.15, 0.2) is 0 Å². The van der Waals surface area contributed by atoms with Gasteiger partial charge in [0, 0.05) is 36.2 Å². The van der Waals surface area contributed by atoms with Gasteiger partial charge >= 0.3 is 5.97 Å². The Labute approximate surface area is 274 Å². The molecular formula is C35H43ClN4O6. The number of carbonyl (C=O) groups excluding carboxylic acids is 4. The van der Waals surface area contributed by atoms with Crippen LogP contribution in [0.2, 0.25) is 5.15 Å². The molecule has 4 N–H and O–H groups in total. The zero-order valence-electron chi connectivity index (χ0n) is 27.1. The van der Waals surface area contributed by atoms with Crippen LogP contribution >= 0.6 is 11.6 Å². The van der Waals surface area contributed by atoms with E-state index in [9.17, 15) is 24.3 Å². The molecule has 2 aromatic carbocycles. The molecule has 0 saturated heterocycles. The first-order valence-corrected chi connectivity index (χ1v) is 15.9. The van der Waals surface area contributed by atoms with E-state index in [1.165, 1.54) is 24.1 Å². The zero-order valence-corrected chi connectivity index (χ0v) is 27.9. The van der Waals surface area contributed by atoms with E-state index in [0.29, 0.717) is 22.7 Å². The zero-order chi connectivity index (χ0) is 33.7. The Balaban J connectivity index is 1.76. The molecule has 6 atom stereocenters. The van der Waals surface area contributed by atoms with Gasteiger partial charge < -0.3 is 30.4 Å². The van der Waals surface area contributed by atoms with Crippen LogP contribution in [0.5, 0.6) is 5.75 Å². The number of cyclic esters (lactones) is 1. The smallest absolute Gasteiger partial charge is 0.308 e. The number of nitrogens with one attached hydrogen (secondary N) is 3. The molecule has 11 heteroatoms. The standard InChI is InChI=1S/C35H43ClN4O6/c1-19-15-20(2)23(5)46-31(42)18-29(24-11-13-25(41)14-12-24)39-34(44)30(17-27-26-9-7-8-10-28(26)38-32(27)36)40(6)35(45)22(4)37-33(43)21(3)16-19/h7-15,20-23,29-30,38,41H,16-18H2,1-6H3,(H,37,43)(H,39,44)/b19-15+/t20-,21+,22+,23-,29-,30-/m1/s1. The van der Waals surface area contributed by atoms with Gasteiger partial charge in [0.1, 0.15) is 29.1 Å².